The average molecular weight is 768 g/mol. The Labute approximate surface area is 354 Å². The monoisotopic (exact) mass is 768 g/mol. The predicted octanol–water partition coefficient (Wildman–Crippen LogP) is 14.9. The maximum atomic E-state index is 6.75. The minimum absolute atomic E-state index is 0.0505. The summed E-state index contributed by atoms with van der Waals surface area (Å²) in [6.45, 7) is 18.5. The van der Waals surface area contributed by atoms with Crippen molar-refractivity contribution in [3.05, 3.63) is 142 Å². The molecule has 0 saturated heterocycles. The highest BCUT2D eigenvalue weighted by Crippen LogP contribution is 2.62. The molecule has 0 amide bonds. The van der Waals surface area contributed by atoms with Gasteiger partial charge >= 0.3 is 0 Å². The van der Waals surface area contributed by atoms with Crippen LogP contribution in [0.4, 0.5) is 5.69 Å². The van der Waals surface area contributed by atoms with Crippen LogP contribution >= 0.6 is 0 Å². The Morgan fingerprint density at radius 3 is 1.41 bits per heavy atom. The van der Waals surface area contributed by atoms with Crippen molar-refractivity contribution >= 4 is 19.0 Å². The molecule has 2 aliphatic rings. The van der Waals surface area contributed by atoms with Crippen molar-refractivity contribution < 1.29 is 0 Å². The van der Waals surface area contributed by atoms with Crippen LogP contribution in [0, 0.1) is 0 Å². The number of nitrogens with one attached hydrogen (secondary N) is 1. The highest BCUT2D eigenvalue weighted by atomic mass is 14.8. The Balaban J connectivity index is 1.50. The lowest BCUT2D eigenvalue weighted by Gasteiger charge is -2.36. The van der Waals surface area contributed by atoms with Crippen molar-refractivity contribution in [2.75, 3.05) is 12.4 Å². The summed E-state index contributed by atoms with van der Waals surface area (Å²) >= 11 is 0. The normalized spacial score (nSPS) is 16.5. The summed E-state index contributed by atoms with van der Waals surface area (Å²) in [6.07, 6.45) is 16.6. The minimum Gasteiger partial charge on any atom is -0.388 e. The van der Waals surface area contributed by atoms with Gasteiger partial charge in [-0.1, -0.05) is 204 Å². The van der Waals surface area contributed by atoms with Crippen LogP contribution in [0.25, 0.3) is 22.3 Å². The highest BCUT2D eigenvalue weighted by Gasteiger charge is 2.50. The van der Waals surface area contributed by atoms with Crippen molar-refractivity contribution in [2.24, 2.45) is 0 Å². The Hall–Kier alpha value is -4.04. The summed E-state index contributed by atoms with van der Waals surface area (Å²) in [5.74, 6) is 0. The van der Waals surface area contributed by atoms with Crippen molar-refractivity contribution in [1.82, 2.24) is 0 Å². The molecule has 1 N–H and O–H groups in total. The van der Waals surface area contributed by atoms with Gasteiger partial charge in [0.05, 0.1) is 5.41 Å². The molecule has 5 aromatic carbocycles. The van der Waals surface area contributed by atoms with E-state index in [9.17, 15) is 0 Å². The molecule has 58 heavy (non-hydrogen) atoms. The molecule has 0 saturated carbocycles. The molecular formula is C56H70BN. The van der Waals surface area contributed by atoms with E-state index in [1.54, 1.807) is 0 Å². The van der Waals surface area contributed by atoms with Crippen molar-refractivity contribution in [2.45, 2.75) is 161 Å². The van der Waals surface area contributed by atoms with E-state index in [-0.39, 0.29) is 16.2 Å². The largest absolute Gasteiger partial charge is 0.388 e. The first-order valence-corrected chi connectivity index (χ1v) is 22.9. The Morgan fingerprint density at radius 2 is 0.897 bits per heavy atom. The minimum atomic E-state index is -0.502. The molecule has 1 atom stereocenters. The summed E-state index contributed by atoms with van der Waals surface area (Å²) in [6, 6.07) is 38.6. The van der Waals surface area contributed by atoms with Gasteiger partial charge in [0.25, 0.3) is 0 Å². The zero-order valence-corrected chi connectivity index (χ0v) is 37.5. The molecule has 0 aliphatic heterocycles. The van der Waals surface area contributed by atoms with Crippen LogP contribution in [-0.4, -0.2) is 14.9 Å². The van der Waals surface area contributed by atoms with E-state index in [1.807, 2.05) is 0 Å². The van der Waals surface area contributed by atoms with Gasteiger partial charge in [-0.25, -0.2) is 0 Å². The van der Waals surface area contributed by atoms with Crippen LogP contribution < -0.4 is 10.8 Å². The third kappa shape index (κ3) is 7.63. The van der Waals surface area contributed by atoms with Crippen molar-refractivity contribution in [3.63, 3.8) is 0 Å². The summed E-state index contributed by atoms with van der Waals surface area (Å²) < 4.78 is 0. The smallest absolute Gasteiger partial charge is 0.113 e. The van der Waals surface area contributed by atoms with Gasteiger partial charge in [0.15, 0.2) is 0 Å². The third-order valence-electron chi connectivity index (χ3n) is 14.0. The lowest BCUT2D eigenvalue weighted by molar-refractivity contribution is 0.398. The lowest BCUT2D eigenvalue weighted by Crippen LogP contribution is -2.29. The molecule has 0 fully saturated rings. The van der Waals surface area contributed by atoms with E-state index in [2.05, 4.69) is 165 Å². The lowest BCUT2D eigenvalue weighted by atomic mass is 9.66. The SMILES string of the molecule is [B]c1ccc2c(c1)C(CCCCCCC)(CCCCCCCC)c1cc3c(cc1-2)C(c1ccc(C(C)(C)C)cc1)(c1ccc(C(C)(C)C)cc1)c1cc(NC)ccc1-3. The van der Waals surface area contributed by atoms with Gasteiger partial charge in [0.2, 0.25) is 0 Å². The second-order valence-electron chi connectivity index (χ2n) is 19.9. The maximum Gasteiger partial charge on any atom is 0.113 e. The number of rotatable bonds is 16. The fourth-order valence-corrected chi connectivity index (χ4v) is 10.6. The summed E-state index contributed by atoms with van der Waals surface area (Å²) in [5, 5.41) is 3.53. The number of fused-ring (bicyclic) bond motifs is 6. The Kier molecular flexibility index (Phi) is 12.3. The zero-order chi connectivity index (χ0) is 41.3. The van der Waals surface area contributed by atoms with Gasteiger partial charge in [-0.05, 0) is 115 Å². The van der Waals surface area contributed by atoms with Crippen LogP contribution in [0.15, 0.2) is 97.1 Å². The summed E-state index contributed by atoms with van der Waals surface area (Å²) in [7, 11) is 8.80. The van der Waals surface area contributed by atoms with E-state index < -0.39 is 5.41 Å². The molecule has 2 radical (unpaired) electrons. The molecule has 0 heterocycles. The highest BCUT2D eigenvalue weighted by molar-refractivity contribution is 6.32. The van der Waals surface area contributed by atoms with Gasteiger partial charge in [-0.3, -0.25) is 0 Å². The maximum absolute atomic E-state index is 6.75. The van der Waals surface area contributed by atoms with Crippen LogP contribution in [0.1, 0.15) is 183 Å². The second-order valence-corrected chi connectivity index (χ2v) is 19.9. The quantitative estimate of drug-likeness (QED) is 0.0764. The first-order chi connectivity index (χ1) is 27.8. The molecule has 302 valence electrons. The molecule has 0 aromatic heterocycles. The van der Waals surface area contributed by atoms with Crippen LogP contribution in [0.2, 0.25) is 0 Å². The summed E-state index contributed by atoms with van der Waals surface area (Å²) in [4.78, 5) is 0. The van der Waals surface area contributed by atoms with E-state index >= 15 is 0 Å². The number of hydrogen-bond donors (Lipinski definition) is 1. The standard InChI is InChI=1S/C56H70BN/c1-10-12-14-16-18-20-34-55(33-19-17-15-13-11-2)49-35-43(57)29-31-45(49)47-38-52-48(37-50(47)55)46-32-30-44(58-9)36-51(46)56(52,41-25-21-39(22-26-41)53(3,4)5)42-27-23-40(24-28-42)54(6,7)8/h21-32,35-38,58H,10-20,33-34H2,1-9H3. The molecular weight excluding hydrogens is 697 g/mol. The Morgan fingerprint density at radius 1 is 0.466 bits per heavy atom. The Bertz CT molecular complexity index is 2140. The molecule has 0 bridgehead atoms. The van der Waals surface area contributed by atoms with Crippen molar-refractivity contribution in [1.29, 1.82) is 0 Å². The molecule has 2 heteroatoms. The fraction of sp³-hybridized carbons (Fsp3) is 0.464. The van der Waals surface area contributed by atoms with E-state index in [1.165, 1.54) is 150 Å². The van der Waals surface area contributed by atoms with Gasteiger partial charge in [-0.2, -0.15) is 0 Å². The number of anilines is 1. The third-order valence-corrected chi connectivity index (χ3v) is 14.0. The molecule has 1 nitrogen and oxygen atoms in total. The number of unbranched alkanes of at least 4 members (excludes halogenated alkanes) is 9. The molecule has 0 spiro atoms. The van der Waals surface area contributed by atoms with Gasteiger partial charge in [0.1, 0.15) is 7.85 Å². The molecule has 7 rings (SSSR count). The first kappa shape index (κ1) is 42.1. The number of hydrogen-bond acceptors (Lipinski definition) is 1. The molecule has 5 aromatic rings. The van der Waals surface area contributed by atoms with Crippen LogP contribution in [0.3, 0.4) is 0 Å². The fourth-order valence-electron chi connectivity index (χ4n) is 10.6. The van der Waals surface area contributed by atoms with Crippen LogP contribution in [0.5, 0.6) is 0 Å². The van der Waals surface area contributed by atoms with Gasteiger partial charge in [0, 0.05) is 18.2 Å². The predicted molar refractivity (Wildman–Crippen MR) is 254 cm³/mol. The first-order valence-electron chi connectivity index (χ1n) is 22.9. The number of benzene rings is 5. The molecule has 1 unspecified atom stereocenters. The molecule has 2 aliphatic carbocycles. The van der Waals surface area contributed by atoms with Crippen molar-refractivity contribution in [3.8, 4) is 22.3 Å². The van der Waals surface area contributed by atoms with Gasteiger partial charge in [-0.15, -0.1) is 0 Å². The van der Waals surface area contributed by atoms with E-state index in [0.717, 1.165) is 11.2 Å². The average Bonchev–Trinajstić information content (AvgIpc) is 3.63. The summed E-state index contributed by atoms with van der Waals surface area (Å²) in [5.41, 5.74) is 18.2. The van der Waals surface area contributed by atoms with E-state index in [4.69, 9.17) is 7.85 Å². The van der Waals surface area contributed by atoms with Crippen LogP contribution in [-0.2, 0) is 21.7 Å². The van der Waals surface area contributed by atoms with E-state index in [0.29, 0.717) is 0 Å². The topological polar surface area (TPSA) is 12.0 Å². The second kappa shape index (κ2) is 16.9. The van der Waals surface area contributed by atoms with Gasteiger partial charge < -0.3 is 5.32 Å². The zero-order valence-electron chi connectivity index (χ0n) is 37.5.